The van der Waals surface area contributed by atoms with Crippen molar-refractivity contribution in [2.45, 2.75) is 131 Å². The van der Waals surface area contributed by atoms with E-state index in [-0.39, 0.29) is 27.1 Å². The molecular formula is C38H54N4. The lowest BCUT2D eigenvalue weighted by Crippen LogP contribution is -2.16. The van der Waals surface area contributed by atoms with E-state index in [0.29, 0.717) is 0 Å². The monoisotopic (exact) mass is 566 g/mol. The fourth-order valence-electron chi connectivity index (χ4n) is 4.44. The van der Waals surface area contributed by atoms with Crippen molar-refractivity contribution >= 4 is 22.7 Å². The van der Waals surface area contributed by atoms with Gasteiger partial charge in [0.2, 0.25) is 0 Å². The van der Waals surface area contributed by atoms with Gasteiger partial charge in [0.05, 0.1) is 22.7 Å². The van der Waals surface area contributed by atoms with Crippen molar-refractivity contribution in [3.63, 3.8) is 0 Å². The van der Waals surface area contributed by atoms with Crippen molar-refractivity contribution in [2.75, 3.05) is 0 Å². The highest BCUT2D eigenvalue weighted by atomic mass is 15.1. The van der Waals surface area contributed by atoms with Crippen LogP contribution in [-0.2, 0) is 27.1 Å². The molecule has 4 nitrogen and oxygen atoms in total. The summed E-state index contributed by atoms with van der Waals surface area (Å²) in [5, 5.41) is 18.9. The van der Waals surface area contributed by atoms with Gasteiger partial charge in [-0.1, -0.05) is 116 Å². The summed E-state index contributed by atoms with van der Waals surface area (Å²) in [5.41, 5.74) is 9.44. The Balaban J connectivity index is 2.09. The second-order valence-corrected chi connectivity index (χ2v) is 16.9. The molecule has 0 amide bonds. The molecule has 226 valence electrons. The van der Waals surface area contributed by atoms with Crippen LogP contribution in [0.1, 0.15) is 132 Å². The third kappa shape index (κ3) is 8.93. The lowest BCUT2D eigenvalue weighted by molar-refractivity contribution is 0.568. The van der Waals surface area contributed by atoms with Crippen LogP contribution in [0, 0.1) is 0 Å². The van der Waals surface area contributed by atoms with Crippen molar-refractivity contribution in [3.05, 3.63) is 82.4 Å². The first-order valence-electron chi connectivity index (χ1n) is 15.2. The topological polar surface area (TPSA) is 49.4 Å². The van der Waals surface area contributed by atoms with Gasteiger partial charge in [-0.15, -0.1) is 0 Å². The first kappa shape index (κ1) is 33.4. The third-order valence-electron chi connectivity index (χ3n) is 7.63. The number of nitrogens with zero attached hydrogens (tertiary/aromatic N) is 4. The molecule has 0 bridgehead atoms. The van der Waals surface area contributed by atoms with Crippen LogP contribution in [0.5, 0.6) is 0 Å². The molecule has 3 aromatic rings. The lowest BCUT2D eigenvalue weighted by Gasteiger charge is -2.25. The van der Waals surface area contributed by atoms with E-state index in [0.717, 1.165) is 28.3 Å². The molecule has 4 heteroatoms. The zero-order valence-corrected chi connectivity index (χ0v) is 29.0. The largest absolute Gasteiger partial charge is 0.151 e. The SMILES string of the molecule is CC(C)(C)c1cc(N=Nc2cc(C(C)(C)C)cc(C(C)(C)C)c2)cc(N=Nc2cc(C(C)(C)C)cc(C(C)(C)C)c2)c1. The van der Waals surface area contributed by atoms with Crippen molar-refractivity contribution in [1.29, 1.82) is 0 Å². The van der Waals surface area contributed by atoms with Gasteiger partial charge in [-0.2, -0.15) is 20.5 Å². The fraction of sp³-hybridized carbons (Fsp3) is 0.526. The second-order valence-electron chi connectivity index (χ2n) is 16.9. The van der Waals surface area contributed by atoms with E-state index in [1.165, 1.54) is 22.3 Å². The van der Waals surface area contributed by atoms with Crippen LogP contribution in [0.25, 0.3) is 0 Å². The molecule has 0 aliphatic carbocycles. The Morgan fingerprint density at radius 1 is 0.262 bits per heavy atom. The normalized spacial score (nSPS) is 13.9. The highest BCUT2D eigenvalue weighted by Gasteiger charge is 2.22. The summed E-state index contributed by atoms with van der Waals surface area (Å²) in [7, 11) is 0. The van der Waals surface area contributed by atoms with Gasteiger partial charge < -0.3 is 0 Å². The predicted molar refractivity (Wildman–Crippen MR) is 181 cm³/mol. The second kappa shape index (κ2) is 11.5. The molecule has 0 aromatic heterocycles. The molecule has 0 spiro atoms. The fourth-order valence-corrected chi connectivity index (χ4v) is 4.44. The van der Waals surface area contributed by atoms with Gasteiger partial charge in [-0.3, -0.25) is 0 Å². The first-order chi connectivity index (χ1) is 18.9. The Kier molecular flexibility index (Phi) is 9.14. The first-order valence-corrected chi connectivity index (χ1v) is 15.2. The van der Waals surface area contributed by atoms with Gasteiger partial charge in [-0.25, -0.2) is 0 Å². The van der Waals surface area contributed by atoms with Gasteiger partial charge in [0.15, 0.2) is 0 Å². The molecule has 0 heterocycles. The Hall–Kier alpha value is -3.14. The maximum absolute atomic E-state index is 4.74. The molecule has 42 heavy (non-hydrogen) atoms. The van der Waals surface area contributed by atoms with Crippen molar-refractivity contribution < 1.29 is 0 Å². The van der Waals surface area contributed by atoms with Crippen LogP contribution in [0.3, 0.4) is 0 Å². The standard InChI is InChI=1S/C38H54N4/c1-34(2,3)25-16-26(35(4,5)6)19-30(18-25)39-41-32-22-29(38(13,14)15)23-33(24-32)42-40-31-20-27(36(7,8)9)17-28(21-31)37(10,11)12/h16-24H,1-15H3. The molecule has 0 aliphatic heterocycles. The van der Waals surface area contributed by atoms with Crippen LogP contribution in [0.15, 0.2) is 75.1 Å². The van der Waals surface area contributed by atoms with Gasteiger partial charge in [-0.05, 0) is 97.4 Å². The minimum Gasteiger partial charge on any atom is -0.151 e. The molecule has 3 rings (SSSR count). The maximum Gasteiger partial charge on any atom is 0.0882 e. The van der Waals surface area contributed by atoms with Crippen molar-refractivity contribution in [1.82, 2.24) is 0 Å². The number of hydrogen-bond donors (Lipinski definition) is 0. The molecular weight excluding hydrogens is 512 g/mol. The number of azo groups is 2. The van der Waals surface area contributed by atoms with E-state index in [1.807, 2.05) is 6.07 Å². The van der Waals surface area contributed by atoms with Crippen LogP contribution in [-0.4, -0.2) is 0 Å². The smallest absolute Gasteiger partial charge is 0.0882 e. The lowest BCUT2D eigenvalue weighted by atomic mass is 9.80. The molecule has 0 atom stereocenters. The molecule has 0 unspecified atom stereocenters. The summed E-state index contributed by atoms with van der Waals surface area (Å²) in [6, 6.07) is 19.4. The summed E-state index contributed by atoms with van der Waals surface area (Å²) < 4.78 is 0. The number of benzene rings is 3. The summed E-state index contributed by atoms with van der Waals surface area (Å²) in [6.07, 6.45) is 0. The molecule has 0 N–H and O–H groups in total. The van der Waals surface area contributed by atoms with Crippen LogP contribution < -0.4 is 0 Å². The van der Waals surface area contributed by atoms with E-state index >= 15 is 0 Å². The Labute approximate surface area is 256 Å². The van der Waals surface area contributed by atoms with E-state index < -0.39 is 0 Å². The third-order valence-corrected chi connectivity index (χ3v) is 7.63. The molecule has 0 saturated carbocycles. The minimum atomic E-state index is -0.0765. The Bertz CT molecular complexity index is 1300. The van der Waals surface area contributed by atoms with E-state index in [1.54, 1.807) is 0 Å². The zero-order chi connectivity index (χ0) is 31.9. The Morgan fingerprint density at radius 2 is 0.429 bits per heavy atom. The van der Waals surface area contributed by atoms with Gasteiger partial charge in [0.25, 0.3) is 0 Å². The molecule has 3 aromatic carbocycles. The average Bonchev–Trinajstić information content (AvgIpc) is 2.83. The van der Waals surface area contributed by atoms with Crippen LogP contribution in [0.2, 0.25) is 0 Å². The summed E-state index contributed by atoms with van der Waals surface area (Å²) >= 11 is 0. The summed E-state index contributed by atoms with van der Waals surface area (Å²) in [5.74, 6) is 0. The van der Waals surface area contributed by atoms with Crippen molar-refractivity contribution in [3.8, 4) is 0 Å². The summed E-state index contributed by atoms with van der Waals surface area (Å²) in [6.45, 7) is 33.5. The highest BCUT2D eigenvalue weighted by Crippen LogP contribution is 2.37. The van der Waals surface area contributed by atoms with Gasteiger partial charge in [0.1, 0.15) is 0 Å². The number of rotatable bonds is 4. The maximum atomic E-state index is 4.74. The molecule has 0 saturated heterocycles. The van der Waals surface area contributed by atoms with Crippen molar-refractivity contribution in [2.24, 2.45) is 20.5 Å². The summed E-state index contributed by atoms with van der Waals surface area (Å²) in [4.78, 5) is 0. The molecule has 0 aliphatic rings. The van der Waals surface area contributed by atoms with Gasteiger partial charge >= 0.3 is 0 Å². The van der Waals surface area contributed by atoms with Gasteiger partial charge in [0, 0.05) is 0 Å². The predicted octanol–water partition coefficient (Wildman–Crippen LogP) is 13.0. The highest BCUT2D eigenvalue weighted by molar-refractivity contribution is 5.56. The van der Waals surface area contributed by atoms with E-state index in [4.69, 9.17) is 20.5 Å². The van der Waals surface area contributed by atoms with Crippen LogP contribution >= 0.6 is 0 Å². The molecule has 0 radical (unpaired) electrons. The minimum absolute atomic E-state index is 0.0163. The van der Waals surface area contributed by atoms with Crippen LogP contribution in [0.4, 0.5) is 22.7 Å². The number of hydrogen-bond acceptors (Lipinski definition) is 4. The van der Waals surface area contributed by atoms with E-state index in [9.17, 15) is 0 Å². The van der Waals surface area contributed by atoms with E-state index in [2.05, 4.69) is 152 Å². The quantitative estimate of drug-likeness (QED) is 0.282. The average molecular weight is 567 g/mol. The molecule has 0 fully saturated rings. The zero-order valence-electron chi connectivity index (χ0n) is 29.0. The Morgan fingerprint density at radius 3 is 0.619 bits per heavy atom.